The van der Waals surface area contributed by atoms with Gasteiger partial charge in [-0.2, -0.15) is 0 Å². The lowest BCUT2D eigenvalue weighted by molar-refractivity contribution is -0.384. The maximum Gasteiger partial charge on any atom is 0.340 e. The van der Waals surface area contributed by atoms with Gasteiger partial charge in [0.2, 0.25) is 5.78 Å². The lowest BCUT2D eigenvalue weighted by Crippen LogP contribution is -2.16. The van der Waals surface area contributed by atoms with Crippen molar-refractivity contribution in [1.29, 1.82) is 0 Å². The molecule has 0 aliphatic heterocycles. The monoisotopic (exact) mass is 355 g/mol. The number of hydrogen-bond acceptors (Lipinski definition) is 5. The molecule has 0 N–H and O–H groups in total. The standard InChI is InChI=1S/C15H8ClF2NO5/c16-12-6-9(19(22)23)2-3-10(12)15(21)24-7-14(20)11-5-8(17)1-4-13(11)18/h1-6H,7H2. The van der Waals surface area contributed by atoms with Gasteiger partial charge < -0.3 is 4.74 Å². The number of carbonyl (C=O) groups excluding carboxylic acids is 2. The number of nitrogens with zero attached hydrogens (tertiary/aromatic N) is 1. The summed E-state index contributed by atoms with van der Waals surface area (Å²) in [5, 5.41) is 10.3. The van der Waals surface area contributed by atoms with Crippen molar-refractivity contribution in [3.8, 4) is 0 Å². The van der Waals surface area contributed by atoms with Crippen molar-refractivity contribution < 1.29 is 28.0 Å². The molecule has 2 aromatic rings. The van der Waals surface area contributed by atoms with Crippen LogP contribution in [0, 0.1) is 21.7 Å². The maximum atomic E-state index is 13.4. The molecule has 24 heavy (non-hydrogen) atoms. The van der Waals surface area contributed by atoms with Crippen LogP contribution in [-0.4, -0.2) is 23.3 Å². The first-order valence-electron chi connectivity index (χ1n) is 6.39. The number of halogens is 3. The molecule has 0 spiro atoms. The highest BCUT2D eigenvalue weighted by atomic mass is 35.5. The largest absolute Gasteiger partial charge is 0.454 e. The Morgan fingerprint density at radius 2 is 1.83 bits per heavy atom. The van der Waals surface area contributed by atoms with Gasteiger partial charge in [0.25, 0.3) is 5.69 Å². The van der Waals surface area contributed by atoms with Crippen LogP contribution in [-0.2, 0) is 4.74 Å². The number of Topliss-reactive ketones (excluding diaryl/α,β-unsaturated/α-hetero) is 1. The third-order valence-electron chi connectivity index (χ3n) is 2.95. The van der Waals surface area contributed by atoms with E-state index < -0.39 is 40.5 Å². The predicted octanol–water partition coefficient (Wildman–Crippen LogP) is 3.57. The number of ketones is 1. The number of nitro benzene ring substituents is 1. The van der Waals surface area contributed by atoms with Gasteiger partial charge in [0.05, 0.1) is 21.1 Å². The second-order valence-corrected chi connectivity index (χ2v) is 4.95. The number of hydrogen-bond donors (Lipinski definition) is 0. The summed E-state index contributed by atoms with van der Waals surface area (Å²) in [6, 6.07) is 5.36. The first-order chi connectivity index (χ1) is 11.3. The fourth-order valence-corrected chi connectivity index (χ4v) is 2.03. The van der Waals surface area contributed by atoms with Gasteiger partial charge in [-0.3, -0.25) is 14.9 Å². The van der Waals surface area contributed by atoms with E-state index in [-0.39, 0.29) is 16.3 Å². The second-order valence-electron chi connectivity index (χ2n) is 4.54. The van der Waals surface area contributed by atoms with Gasteiger partial charge in [0.15, 0.2) is 6.61 Å². The van der Waals surface area contributed by atoms with Crippen LogP contribution in [0.25, 0.3) is 0 Å². The summed E-state index contributed by atoms with van der Waals surface area (Å²) in [6.07, 6.45) is 0. The molecule has 0 saturated carbocycles. The molecule has 6 nitrogen and oxygen atoms in total. The minimum atomic E-state index is -1.03. The zero-order valence-corrected chi connectivity index (χ0v) is 12.5. The van der Waals surface area contributed by atoms with E-state index in [2.05, 4.69) is 4.74 Å². The third-order valence-corrected chi connectivity index (χ3v) is 3.26. The molecule has 0 aliphatic carbocycles. The molecule has 9 heteroatoms. The lowest BCUT2D eigenvalue weighted by atomic mass is 10.1. The molecule has 0 saturated heterocycles. The topological polar surface area (TPSA) is 86.5 Å². The Morgan fingerprint density at radius 3 is 2.46 bits per heavy atom. The van der Waals surface area contributed by atoms with Gasteiger partial charge in [-0.25, -0.2) is 13.6 Å². The summed E-state index contributed by atoms with van der Waals surface area (Å²) in [4.78, 5) is 33.5. The number of ether oxygens (including phenoxy) is 1. The molecule has 0 aliphatic rings. The third kappa shape index (κ3) is 3.90. The highest BCUT2D eigenvalue weighted by molar-refractivity contribution is 6.33. The van der Waals surface area contributed by atoms with E-state index in [9.17, 15) is 28.5 Å². The molecule has 0 bridgehead atoms. The van der Waals surface area contributed by atoms with Gasteiger partial charge in [-0.1, -0.05) is 11.6 Å². The summed E-state index contributed by atoms with van der Waals surface area (Å²) >= 11 is 5.75. The molecule has 0 fully saturated rings. The van der Waals surface area contributed by atoms with E-state index in [1.165, 1.54) is 0 Å². The summed E-state index contributed by atoms with van der Waals surface area (Å²) < 4.78 is 31.2. The SMILES string of the molecule is O=C(COC(=O)c1ccc([N+](=O)[O-])cc1Cl)c1cc(F)ccc1F. The van der Waals surface area contributed by atoms with Crippen LogP contribution in [0.2, 0.25) is 5.02 Å². The van der Waals surface area contributed by atoms with E-state index in [0.717, 1.165) is 30.3 Å². The van der Waals surface area contributed by atoms with Crippen LogP contribution in [0.4, 0.5) is 14.5 Å². The summed E-state index contributed by atoms with van der Waals surface area (Å²) in [5.41, 5.74) is -1.08. The molecule has 0 aromatic heterocycles. The zero-order chi connectivity index (χ0) is 17.9. The Morgan fingerprint density at radius 1 is 1.12 bits per heavy atom. The minimum absolute atomic E-state index is 0.199. The van der Waals surface area contributed by atoms with Crippen molar-refractivity contribution in [1.82, 2.24) is 0 Å². The Kier molecular flexibility index (Phi) is 5.20. The molecular weight excluding hydrogens is 348 g/mol. The Bertz CT molecular complexity index is 841. The van der Waals surface area contributed by atoms with Gasteiger partial charge in [-0.05, 0) is 24.3 Å². The van der Waals surface area contributed by atoms with E-state index in [4.69, 9.17) is 11.6 Å². The molecule has 2 rings (SSSR count). The Hall–Kier alpha value is -2.87. The van der Waals surface area contributed by atoms with E-state index >= 15 is 0 Å². The summed E-state index contributed by atoms with van der Waals surface area (Å²) in [5.74, 6) is -3.74. The highest BCUT2D eigenvalue weighted by Gasteiger charge is 2.19. The van der Waals surface area contributed by atoms with Crippen molar-refractivity contribution in [3.63, 3.8) is 0 Å². The molecule has 0 unspecified atom stereocenters. The second kappa shape index (κ2) is 7.14. The van der Waals surface area contributed by atoms with E-state index in [1.54, 1.807) is 0 Å². The van der Waals surface area contributed by atoms with E-state index in [0.29, 0.717) is 6.07 Å². The van der Waals surface area contributed by atoms with Crippen molar-refractivity contribution >= 4 is 29.0 Å². The van der Waals surface area contributed by atoms with Crippen molar-refractivity contribution in [2.75, 3.05) is 6.61 Å². The van der Waals surface area contributed by atoms with Gasteiger partial charge >= 0.3 is 5.97 Å². The number of nitro groups is 1. The fraction of sp³-hybridized carbons (Fsp3) is 0.0667. The number of rotatable bonds is 5. The van der Waals surface area contributed by atoms with Gasteiger partial charge in [0, 0.05) is 12.1 Å². The molecule has 0 heterocycles. The van der Waals surface area contributed by atoms with E-state index in [1.807, 2.05) is 0 Å². The van der Waals surface area contributed by atoms with Crippen LogP contribution in [0.3, 0.4) is 0 Å². The Labute approximate surface area is 138 Å². The molecule has 2 aromatic carbocycles. The summed E-state index contributed by atoms with van der Waals surface area (Å²) in [6.45, 7) is -0.841. The zero-order valence-electron chi connectivity index (χ0n) is 11.8. The van der Waals surface area contributed by atoms with Crippen LogP contribution < -0.4 is 0 Å². The van der Waals surface area contributed by atoms with Crippen LogP contribution in [0.1, 0.15) is 20.7 Å². The van der Waals surface area contributed by atoms with Crippen molar-refractivity contribution in [3.05, 3.63) is 74.3 Å². The van der Waals surface area contributed by atoms with Crippen LogP contribution in [0.5, 0.6) is 0 Å². The smallest absolute Gasteiger partial charge is 0.340 e. The first kappa shape index (κ1) is 17.5. The van der Waals surface area contributed by atoms with Gasteiger partial charge in [-0.15, -0.1) is 0 Å². The highest BCUT2D eigenvalue weighted by Crippen LogP contribution is 2.23. The van der Waals surface area contributed by atoms with Crippen molar-refractivity contribution in [2.24, 2.45) is 0 Å². The first-order valence-corrected chi connectivity index (χ1v) is 6.76. The van der Waals surface area contributed by atoms with Crippen LogP contribution >= 0.6 is 11.6 Å². The number of carbonyl (C=O) groups is 2. The fourth-order valence-electron chi connectivity index (χ4n) is 1.78. The molecule has 124 valence electrons. The summed E-state index contributed by atoms with van der Waals surface area (Å²) in [7, 11) is 0. The number of esters is 1. The molecule has 0 amide bonds. The molecule has 0 radical (unpaired) electrons. The Balaban J connectivity index is 2.09. The van der Waals surface area contributed by atoms with Gasteiger partial charge in [0.1, 0.15) is 11.6 Å². The average molecular weight is 356 g/mol. The predicted molar refractivity (Wildman–Crippen MR) is 79.1 cm³/mol. The molecule has 0 atom stereocenters. The van der Waals surface area contributed by atoms with Crippen molar-refractivity contribution in [2.45, 2.75) is 0 Å². The average Bonchev–Trinajstić information content (AvgIpc) is 2.54. The maximum absolute atomic E-state index is 13.4. The number of benzene rings is 2. The molecular formula is C15H8ClF2NO5. The quantitative estimate of drug-likeness (QED) is 0.354. The number of non-ortho nitro benzene ring substituents is 1. The lowest BCUT2D eigenvalue weighted by Gasteiger charge is -2.06. The normalized spacial score (nSPS) is 10.3. The minimum Gasteiger partial charge on any atom is -0.454 e. The van der Waals surface area contributed by atoms with Crippen LogP contribution in [0.15, 0.2) is 36.4 Å².